The van der Waals surface area contributed by atoms with Crippen molar-refractivity contribution < 1.29 is 14.3 Å². The maximum absolute atomic E-state index is 13.5. The predicted octanol–water partition coefficient (Wildman–Crippen LogP) is 4.04. The van der Waals surface area contributed by atoms with E-state index < -0.39 is 23.2 Å². The first kappa shape index (κ1) is 22.1. The van der Waals surface area contributed by atoms with Crippen LogP contribution in [-0.2, 0) is 16.0 Å². The number of ether oxygens (including phenoxy) is 1. The second kappa shape index (κ2) is 8.28. The third kappa shape index (κ3) is 5.12. The summed E-state index contributed by atoms with van der Waals surface area (Å²) in [7, 11) is 0. The van der Waals surface area contributed by atoms with E-state index in [1.807, 2.05) is 58.7 Å². The summed E-state index contributed by atoms with van der Waals surface area (Å²) in [5, 5.41) is 3.92. The number of nitrogens with one attached hydrogen (secondary N) is 2. The van der Waals surface area contributed by atoms with E-state index in [-0.39, 0.29) is 11.9 Å². The zero-order valence-electron chi connectivity index (χ0n) is 18.9. The Morgan fingerprint density at radius 3 is 2.70 bits per heavy atom. The van der Waals surface area contributed by atoms with Crippen LogP contribution in [0, 0.1) is 5.41 Å². The van der Waals surface area contributed by atoms with Crippen LogP contribution in [0.3, 0.4) is 0 Å². The summed E-state index contributed by atoms with van der Waals surface area (Å²) in [4.78, 5) is 35.4. The third-order valence-electron chi connectivity index (χ3n) is 5.43. The number of hydrogen-bond donors (Lipinski definition) is 2. The standard InChI is InChI=1S/C23H34N4O3/c1-22(2,3)18(26-21(29)30-23(4,5)6)20(28)27-12-8-9-16(27)13-15-14-25-19-17(15)10-7-11-24-19/h7,10-11,14,16,18H,8-9,12-13H2,1-6H3,(H,24,25)(H,26,29). The molecule has 2 N–H and O–H groups in total. The molecule has 2 aromatic heterocycles. The van der Waals surface area contributed by atoms with Crippen LogP contribution in [0.25, 0.3) is 11.0 Å². The minimum absolute atomic E-state index is 0.0474. The van der Waals surface area contributed by atoms with Crippen molar-refractivity contribution in [3.05, 3.63) is 30.1 Å². The molecule has 7 heteroatoms. The fourth-order valence-corrected chi connectivity index (χ4v) is 4.01. The molecule has 0 spiro atoms. The first-order chi connectivity index (χ1) is 14.0. The summed E-state index contributed by atoms with van der Waals surface area (Å²) >= 11 is 0. The van der Waals surface area contributed by atoms with Crippen molar-refractivity contribution in [3.63, 3.8) is 0 Å². The number of carbonyl (C=O) groups excluding carboxylic acids is 2. The molecule has 30 heavy (non-hydrogen) atoms. The van der Waals surface area contributed by atoms with E-state index in [0.29, 0.717) is 6.54 Å². The van der Waals surface area contributed by atoms with Gasteiger partial charge in [0.05, 0.1) is 0 Å². The molecule has 1 fully saturated rings. The van der Waals surface area contributed by atoms with Gasteiger partial charge in [0.2, 0.25) is 5.91 Å². The Morgan fingerprint density at radius 1 is 1.30 bits per heavy atom. The quantitative estimate of drug-likeness (QED) is 0.791. The van der Waals surface area contributed by atoms with E-state index in [1.54, 1.807) is 6.20 Å². The zero-order chi connectivity index (χ0) is 22.1. The van der Waals surface area contributed by atoms with Gasteiger partial charge in [-0.25, -0.2) is 9.78 Å². The van der Waals surface area contributed by atoms with Gasteiger partial charge in [0.25, 0.3) is 0 Å². The van der Waals surface area contributed by atoms with Crippen molar-refractivity contribution in [1.82, 2.24) is 20.2 Å². The number of nitrogens with zero attached hydrogens (tertiary/aromatic N) is 2. The molecule has 2 amide bonds. The molecule has 1 saturated heterocycles. The third-order valence-corrected chi connectivity index (χ3v) is 5.43. The van der Waals surface area contributed by atoms with Crippen molar-refractivity contribution in [2.24, 2.45) is 5.41 Å². The summed E-state index contributed by atoms with van der Waals surface area (Å²) < 4.78 is 5.40. The lowest BCUT2D eigenvalue weighted by Gasteiger charge is -2.36. The highest BCUT2D eigenvalue weighted by Crippen LogP contribution is 2.29. The normalized spacial score (nSPS) is 18.5. The maximum atomic E-state index is 13.5. The number of hydrogen-bond acceptors (Lipinski definition) is 4. The van der Waals surface area contributed by atoms with Gasteiger partial charge in [-0.2, -0.15) is 0 Å². The summed E-state index contributed by atoms with van der Waals surface area (Å²) in [5.41, 5.74) is 0.971. The molecule has 3 heterocycles. The summed E-state index contributed by atoms with van der Waals surface area (Å²) in [6, 6.07) is 3.43. The Kier molecular flexibility index (Phi) is 6.11. The molecule has 1 aliphatic heterocycles. The van der Waals surface area contributed by atoms with E-state index in [0.717, 1.165) is 35.9 Å². The van der Waals surface area contributed by atoms with E-state index in [2.05, 4.69) is 21.4 Å². The number of carbonyl (C=O) groups is 2. The van der Waals surface area contributed by atoms with E-state index in [9.17, 15) is 9.59 Å². The number of pyridine rings is 1. The van der Waals surface area contributed by atoms with Crippen LogP contribution in [0.15, 0.2) is 24.5 Å². The summed E-state index contributed by atoms with van der Waals surface area (Å²) in [5.74, 6) is -0.0474. The Morgan fingerprint density at radius 2 is 2.03 bits per heavy atom. The van der Waals surface area contributed by atoms with Crippen LogP contribution in [0.1, 0.15) is 59.9 Å². The highest BCUT2D eigenvalue weighted by molar-refractivity contribution is 5.87. The van der Waals surface area contributed by atoms with Gasteiger partial charge in [0.1, 0.15) is 17.3 Å². The van der Waals surface area contributed by atoms with E-state index in [1.165, 1.54) is 0 Å². The Balaban J connectivity index is 1.77. The van der Waals surface area contributed by atoms with Crippen LogP contribution in [0.5, 0.6) is 0 Å². The van der Waals surface area contributed by atoms with Gasteiger partial charge < -0.3 is 19.9 Å². The number of amides is 2. The Bertz CT molecular complexity index is 907. The van der Waals surface area contributed by atoms with Crippen molar-refractivity contribution >= 4 is 23.0 Å². The van der Waals surface area contributed by atoms with Crippen molar-refractivity contribution in [2.45, 2.75) is 78.5 Å². The number of aromatic amines is 1. The summed E-state index contributed by atoms with van der Waals surface area (Å²) in [6.07, 6.45) is 5.86. The molecule has 1 aliphatic rings. The molecule has 3 rings (SSSR count). The van der Waals surface area contributed by atoms with Crippen LogP contribution < -0.4 is 5.32 Å². The average molecular weight is 415 g/mol. The van der Waals surface area contributed by atoms with Gasteiger partial charge >= 0.3 is 6.09 Å². The summed E-state index contributed by atoms with van der Waals surface area (Å²) in [6.45, 7) is 12.0. The van der Waals surface area contributed by atoms with Crippen molar-refractivity contribution in [3.8, 4) is 0 Å². The van der Waals surface area contributed by atoms with Gasteiger partial charge in [0, 0.05) is 30.4 Å². The number of alkyl carbamates (subject to hydrolysis) is 1. The van der Waals surface area contributed by atoms with E-state index in [4.69, 9.17) is 4.74 Å². The molecule has 0 aliphatic carbocycles. The van der Waals surface area contributed by atoms with Gasteiger partial charge in [-0.3, -0.25) is 4.79 Å². The smallest absolute Gasteiger partial charge is 0.408 e. The molecule has 0 bridgehead atoms. The predicted molar refractivity (Wildman–Crippen MR) is 117 cm³/mol. The van der Waals surface area contributed by atoms with Crippen LogP contribution in [0.4, 0.5) is 4.79 Å². The fourth-order valence-electron chi connectivity index (χ4n) is 4.01. The highest BCUT2D eigenvalue weighted by atomic mass is 16.6. The van der Waals surface area contributed by atoms with Crippen molar-refractivity contribution in [2.75, 3.05) is 6.54 Å². The second-order valence-electron chi connectivity index (χ2n) is 10.2. The molecule has 0 radical (unpaired) electrons. The number of likely N-dealkylation sites (tertiary alicyclic amines) is 1. The molecular formula is C23H34N4O3. The van der Waals surface area contributed by atoms with Crippen LogP contribution in [0.2, 0.25) is 0 Å². The highest BCUT2D eigenvalue weighted by Gasteiger charge is 2.40. The van der Waals surface area contributed by atoms with Gasteiger partial charge in [-0.15, -0.1) is 0 Å². The molecule has 0 aromatic carbocycles. The van der Waals surface area contributed by atoms with Crippen LogP contribution in [-0.4, -0.2) is 51.1 Å². The lowest BCUT2D eigenvalue weighted by Crippen LogP contribution is -2.56. The first-order valence-corrected chi connectivity index (χ1v) is 10.7. The fraction of sp³-hybridized carbons (Fsp3) is 0.609. The van der Waals surface area contributed by atoms with E-state index >= 15 is 0 Å². The molecule has 2 atom stereocenters. The number of rotatable bonds is 4. The Hall–Kier alpha value is -2.57. The number of fused-ring (bicyclic) bond motifs is 1. The molecule has 164 valence electrons. The number of H-pyrrole nitrogens is 1. The van der Waals surface area contributed by atoms with Gasteiger partial charge in [0.15, 0.2) is 0 Å². The lowest BCUT2D eigenvalue weighted by molar-refractivity contribution is -0.137. The molecule has 7 nitrogen and oxygen atoms in total. The molecule has 2 unspecified atom stereocenters. The SMILES string of the molecule is CC(C)(C)OC(=O)NC(C(=O)N1CCCC1Cc1c[nH]c2ncccc12)C(C)(C)C. The lowest BCUT2D eigenvalue weighted by atomic mass is 9.85. The monoisotopic (exact) mass is 414 g/mol. The zero-order valence-corrected chi connectivity index (χ0v) is 18.9. The Labute approximate surface area is 178 Å². The maximum Gasteiger partial charge on any atom is 0.408 e. The second-order valence-corrected chi connectivity index (χ2v) is 10.2. The molecule has 2 aromatic rings. The molecular weight excluding hydrogens is 380 g/mol. The average Bonchev–Trinajstić information content (AvgIpc) is 3.24. The van der Waals surface area contributed by atoms with Gasteiger partial charge in [-0.1, -0.05) is 20.8 Å². The minimum atomic E-state index is -0.655. The van der Waals surface area contributed by atoms with Crippen molar-refractivity contribution in [1.29, 1.82) is 0 Å². The topological polar surface area (TPSA) is 87.3 Å². The first-order valence-electron chi connectivity index (χ1n) is 10.7. The largest absolute Gasteiger partial charge is 0.444 e. The van der Waals surface area contributed by atoms with Crippen LogP contribution >= 0.6 is 0 Å². The molecule has 0 saturated carbocycles. The number of aromatic nitrogens is 2. The minimum Gasteiger partial charge on any atom is -0.444 e. The van der Waals surface area contributed by atoms with Gasteiger partial charge in [-0.05, 0) is 63.1 Å².